The van der Waals surface area contributed by atoms with E-state index in [1.165, 1.54) is 0 Å². The number of carbonyl (C=O) groups excluding carboxylic acids is 2. The molecule has 0 spiro atoms. The SMILES string of the molecule is CN1C(=O)CC(C(=O)NCc2ccc3nc[nH]c3c2)C1(C)C. The van der Waals surface area contributed by atoms with Crippen LogP contribution in [0.3, 0.4) is 0 Å². The molecule has 1 atom stereocenters. The highest BCUT2D eigenvalue weighted by Gasteiger charge is 2.47. The Morgan fingerprint density at radius 2 is 2.27 bits per heavy atom. The Morgan fingerprint density at radius 3 is 2.95 bits per heavy atom. The summed E-state index contributed by atoms with van der Waals surface area (Å²) >= 11 is 0. The monoisotopic (exact) mass is 300 g/mol. The highest BCUT2D eigenvalue weighted by atomic mass is 16.2. The summed E-state index contributed by atoms with van der Waals surface area (Å²) in [6.45, 7) is 4.30. The number of rotatable bonds is 3. The Hall–Kier alpha value is -2.37. The predicted molar refractivity (Wildman–Crippen MR) is 82.9 cm³/mol. The molecule has 1 aromatic carbocycles. The van der Waals surface area contributed by atoms with Crippen molar-refractivity contribution in [3.63, 3.8) is 0 Å². The van der Waals surface area contributed by atoms with Crippen molar-refractivity contribution in [3.05, 3.63) is 30.1 Å². The van der Waals surface area contributed by atoms with Gasteiger partial charge in [-0.05, 0) is 31.5 Å². The molecule has 1 saturated heterocycles. The van der Waals surface area contributed by atoms with Gasteiger partial charge >= 0.3 is 0 Å². The maximum atomic E-state index is 12.4. The summed E-state index contributed by atoms with van der Waals surface area (Å²) in [6, 6.07) is 5.84. The topological polar surface area (TPSA) is 78.1 Å². The molecular weight excluding hydrogens is 280 g/mol. The standard InChI is InChI=1S/C16H20N4O2/c1-16(2)11(7-14(21)20(16)3)15(22)17-8-10-4-5-12-13(6-10)19-9-18-12/h4-6,9,11H,7-8H2,1-3H3,(H,17,22)(H,18,19). The van der Waals surface area contributed by atoms with E-state index in [9.17, 15) is 9.59 Å². The summed E-state index contributed by atoms with van der Waals surface area (Å²) in [6.07, 6.45) is 1.92. The third-order valence-electron chi connectivity index (χ3n) is 4.74. The van der Waals surface area contributed by atoms with Crippen molar-refractivity contribution in [2.24, 2.45) is 5.92 Å². The Balaban J connectivity index is 1.68. The number of benzene rings is 1. The first-order valence-corrected chi connectivity index (χ1v) is 7.36. The van der Waals surface area contributed by atoms with E-state index in [2.05, 4.69) is 15.3 Å². The number of carbonyl (C=O) groups is 2. The summed E-state index contributed by atoms with van der Waals surface area (Å²) in [5.74, 6) is -0.377. The van der Waals surface area contributed by atoms with Crippen molar-refractivity contribution >= 4 is 22.8 Å². The Kier molecular flexibility index (Phi) is 3.39. The molecule has 0 aliphatic carbocycles. The van der Waals surface area contributed by atoms with Crippen molar-refractivity contribution < 1.29 is 9.59 Å². The minimum absolute atomic E-state index is 0.0176. The van der Waals surface area contributed by atoms with Crippen LogP contribution >= 0.6 is 0 Å². The number of amides is 2. The van der Waals surface area contributed by atoms with Crippen molar-refractivity contribution in [2.45, 2.75) is 32.4 Å². The van der Waals surface area contributed by atoms with E-state index in [0.29, 0.717) is 6.54 Å². The second-order valence-corrected chi connectivity index (χ2v) is 6.33. The Morgan fingerprint density at radius 1 is 1.50 bits per heavy atom. The fourth-order valence-corrected chi connectivity index (χ4v) is 2.94. The lowest BCUT2D eigenvalue weighted by atomic mass is 9.88. The molecule has 2 N–H and O–H groups in total. The first-order chi connectivity index (χ1) is 10.4. The van der Waals surface area contributed by atoms with E-state index >= 15 is 0 Å². The average molecular weight is 300 g/mol. The normalized spacial score (nSPS) is 20.6. The first kappa shape index (κ1) is 14.6. The van der Waals surface area contributed by atoms with Crippen LogP contribution < -0.4 is 5.32 Å². The number of aromatic nitrogens is 2. The maximum Gasteiger partial charge on any atom is 0.226 e. The molecular formula is C16H20N4O2. The number of hydrogen-bond acceptors (Lipinski definition) is 3. The molecule has 6 heteroatoms. The van der Waals surface area contributed by atoms with Crippen LogP contribution in [0.5, 0.6) is 0 Å². The summed E-state index contributed by atoms with van der Waals surface area (Å²) in [5.41, 5.74) is 2.40. The van der Waals surface area contributed by atoms with Gasteiger partial charge in [0.05, 0.1) is 23.3 Å². The van der Waals surface area contributed by atoms with Gasteiger partial charge < -0.3 is 15.2 Å². The van der Waals surface area contributed by atoms with E-state index in [-0.39, 0.29) is 24.2 Å². The second-order valence-electron chi connectivity index (χ2n) is 6.33. The zero-order valence-corrected chi connectivity index (χ0v) is 13.0. The molecule has 116 valence electrons. The van der Waals surface area contributed by atoms with Crippen LogP contribution in [-0.4, -0.2) is 39.3 Å². The summed E-state index contributed by atoms with van der Waals surface area (Å²) in [7, 11) is 1.75. The summed E-state index contributed by atoms with van der Waals surface area (Å²) in [5, 5.41) is 2.94. The molecule has 0 radical (unpaired) electrons. The van der Waals surface area contributed by atoms with Crippen molar-refractivity contribution in [3.8, 4) is 0 Å². The van der Waals surface area contributed by atoms with Gasteiger partial charge in [-0.2, -0.15) is 0 Å². The third-order valence-corrected chi connectivity index (χ3v) is 4.74. The number of H-pyrrole nitrogens is 1. The number of aromatic amines is 1. The molecule has 1 aromatic heterocycles. The quantitative estimate of drug-likeness (QED) is 0.900. The van der Waals surface area contributed by atoms with Gasteiger partial charge in [-0.25, -0.2) is 4.98 Å². The lowest BCUT2D eigenvalue weighted by Crippen LogP contribution is -2.46. The van der Waals surface area contributed by atoms with Crippen LogP contribution in [0.1, 0.15) is 25.8 Å². The van der Waals surface area contributed by atoms with Gasteiger partial charge in [-0.1, -0.05) is 6.07 Å². The molecule has 0 bridgehead atoms. The minimum atomic E-state index is -0.450. The van der Waals surface area contributed by atoms with Gasteiger partial charge in [0.1, 0.15) is 0 Å². The van der Waals surface area contributed by atoms with Gasteiger partial charge in [0, 0.05) is 25.6 Å². The van der Waals surface area contributed by atoms with Crippen LogP contribution in [-0.2, 0) is 16.1 Å². The van der Waals surface area contributed by atoms with E-state index < -0.39 is 5.54 Å². The maximum absolute atomic E-state index is 12.4. The number of nitrogens with one attached hydrogen (secondary N) is 2. The zero-order valence-electron chi connectivity index (χ0n) is 13.0. The average Bonchev–Trinajstić information content (AvgIpc) is 3.03. The zero-order chi connectivity index (χ0) is 15.9. The number of hydrogen-bond donors (Lipinski definition) is 2. The number of imidazole rings is 1. The molecule has 2 amide bonds. The molecule has 1 unspecified atom stereocenters. The molecule has 6 nitrogen and oxygen atoms in total. The van der Waals surface area contributed by atoms with Gasteiger partial charge in [0.15, 0.2) is 0 Å². The van der Waals surface area contributed by atoms with Crippen LogP contribution in [0.4, 0.5) is 0 Å². The fraction of sp³-hybridized carbons (Fsp3) is 0.438. The van der Waals surface area contributed by atoms with Gasteiger partial charge in [-0.3, -0.25) is 9.59 Å². The number of likely N-dealkylation sites (tertiary alicyclic amines) is 1. The summed E-state index contributed by atoms with van der Waals surface area (Å²) in [4.78, 5) is 33.1. The van der Waals surface area contributed by atoms with Crippen LogP contribution in [0.25, 0.3) is 11.0 Å². The van der Waals surface area contributed by atoms with Crippen molar-refractivity contribution in [2.75, 3.05) is 7.05 Å². The van der Waals surface area contributed by atoms with Crippen molar-refractivity contribution in [1.82, 2.24) is 20.2 Å². The van der Waals surface area contributed by atoms with Gasteiger partial charge in [-0.15, -0.1) is 0 Å². The van der Waals surface area contributed by atoms with E-state index in [1.54, 1.807) is 18.3 Å². The molecule has 0 saturated carbocycles. The third kappa shape index (κ3) is 2.34. The van der Waals surface area contributed by atoms with Crippen LogP contribution in [0.2, 0.25) is 0 Å². The van der Waals surface area contributed by atoms with Crippen LogP contribution in [0, 0.1) is 5.92 Å². The molecule has 1 fully saturated rings. The Bertz CT molecular complexity index is 735. The Labute approximate surface area is 128 Å². The fourth-order valence-electron chi connectivity index (χ4n) is 2.94. The molecule has 1 aliphatic heterocycles. The van der Waals surface area contributed by atoms with E-state index in [0.717, 1.165) is 16.6 Å². The van der Waals surface area contributed by atoms with Crippen LogP contribution in [0.15, 0.2) is 24.5 Å². The molecule has 2 heterocycles. The number of nitrogens with zero attached hydrogens (tertiary/aromatic N) is 2. The minimum Gasteiger partial charge on any atom is -0.352 e. The molecule has 22 heavy (non-hydrogen) atoms. The molecule has 3 rings (SSSR count). The van der Waals surface area contributed by atoms with Crippen molar-refractivity contribution in [1.29, 1.82) is 0 Å². The highest BCUT2D eigenvalue weighted by molar-refractivity contribution is 5.91. The van der Waals surface area contributed by atoms with Gasteiger partial charge in [0.25, 0.3) is 0 Å². The highest BCUT2D eigenvalue weighted by Crippen LogP contribution is 2.34. The lowest BCUT2D eigenvalue weighted by molar-refractivity contribution is -0.128. The van der Waals surface area contributed by atoms with Gasteiger partial charge in [0.2, 0.25) is 11.8 Å². The lowest BCUT2D eigenvalue weighted by Gasteiger charge is -2.32. The largest absolute Gasteiger partial charge is 0.352 e. The first-order valence-electron chi connectivity index (χ1n) is 7.36. The molecule has 2 aromatic rings. The van der Waals surface area contributed by atoms with E-state index in [4.69, 9.17) is 0 Å². The molecule has 1 aliphatic rings. The van der Waals surface area contributed by atoms with E-state index in [1.807, 2.05) is 32.0 Å². The smallest absolute Gasteiger partial charge is 0.226 e. The number of fused-ring (bicyclic) bond motifs is 1. The predicted octanol–water partition coefficient (Wildman–Crippen LogP) is 1.44. The second kappa shape index (κ2) is 5.12. The summed E-state index contributed by atoms with van der Waals surface area (Å²) < 4.78 is 0.